The van der Waals surface area contributed by atoms with Gasteiger partial charge in [0, 0.05) is 18.2 Å². The summed E-state index contributed by atoms with van der Waals surface area (Å²) >= 11 is 0. The Bertz CT molecular complexity index is 719. The Hall–Kier alpha value is -2.08. The van der Waals surface area contributed by atoms with Crippen LogP contribution >= 0.6 is 0 Å². The normalized spacial score (nSPS) is 31.2. The molecular weight excluding hydrogens is 330 g/mol. The summed E-state index contributed by atoms with van der Waals surface area (Å²) in [4.78, 5) is 30.1. The number of imide groups is 1. The number of hydrogen-bond donors (Lipinski definition) is 1. The second-order valence-electron chi connectivity index (χ2n) is 7.99. The van der Waals surface area contributed by atoms with Crippen molar-refractivity contribution in [3.63, 3.8) is 0 Å². The van der Waals surface area contributed by atoms with Crippen molar-refractivity contribution in [3.8, 4) is 5.75 Å². The summed E-state index contributed by atoms with van der Waals surface area (Å²) in [6.07, 6.45) is 3.74. The first-order valence-electron chi connectivity index (χ1n) is 9.53. The van der Waals surface area contributed by atoms with Crippen LogP contribution in [0.3, 0.4) is 0 Å². The van der Waals surface area contributed by atoms with Crippen LogP contribution in [0.2, 0.25) is 0 Å². The number of carbonyl (C=O) groups excluding carboxylic acids is 2. The van der Waals surface area contributed by atoms with Gasteiger partial charge in [-0.3, -0.25) is 4.79 Å². The van der Waals surface area contributed by atoms with Gasteiger partial charge in [0.15, 0.2) is 0 Å². The topological polar surface area (TPSA) is 61.9 Å². The lowest BCUT2D eigenvalue weighted by Gasteiger charge is -2.34. The molecule has 140 valence electrons. The maximum atomic E-state index is 13.6. The molecule has 1 spiro atoms. The lowest BCUT2D eigenvalue weighted by atomic mass is 9.91. The minimum atomic E-state index is -0.721. The van der Waals surface area contributed by atoms with Gasteiger partial charge >= 0.3 is 6.03 Å². The summed E-state index contributed by atoms with van der Waals surface area (Å²) in [7, 11) is 1.59. The van der Waals surface area contributed by atoms with Crippen LogP contribution in [0, 0.1) is 5.92 Å². The standard InChI is InChI=1S/C20H27N3O3/c1-13(2)23-19(25)22(15-7-4-8-16(10-15)26-3)18(24)20(23)11-14-6-5-9-21-17(14)12-20/h4,7-8,10,13-14,17,21H,5-6,9,11-12H2,1-3H3. The Morgan fingerprint density at radius 1 is 1.27 bits per heavy atom. The quantitative estimate of drug-likeness (QED) is 0.845. The van der Waals surface area contributed by atoms with Gasteiger partial charge in [-0.25, -0.2) is 9.69 Å². The number of benzene rings is 1. The van der Waals surface area contributed by atoms with Crippen LogP contribution in [0.15, 0.2) is 24.3 Å². The molecule has 3 unspecified atom stereocenters. The van der Waals surface area contributed by atoms with Gasteiger partial charge in [-0.05, 0) is 64.1 Å². The molecule has 3 aliphatic rings. The van der Waals surface area contributed by atoms with E-state index in [4.69, 9.17) is 4.74 Å². The number of carbonyl (C=O) groups is 2. The Labute approximate surface area is 154 Å². The van der Waals surface area contributed by atoms with Gasteiger partial charge in [0.25, 0.3) is 5.91 Å². The maximum absolute atomic E-state index is 13.6. The number of nitrogens with one attached hydrogen (secondary N) is 1. The molecule has 3 fully saturated rings. The zero-order chi connectivity index (χ0) is 18.5. The minimum Gasteiger partial charge on any atom is -0.497 e. The molecule has 6 heteroatoms. The van der Waals surface area contributed by atoms with E-state index in [1.807, 2.05) is 30.9 Å². The second-order valence-corrected chi connectivity index (χ2v) is 7.99. The number of piperidine rings is 1. The number of anilines is 1. The van der Waals surface area contributed by atoms with E-state index < -0.39 is 5.54 Å². The van der Waals surface area contributed by atoms with Gasteiger partial charge in [-0.1, -0.05) is 6.07 Å². The smallest absolute Gasteiger partial charge is 0.332 e. The summed E-state index contributed by atoms with van der Waals surface area (Å²) in [6, 6.07) is 7.28. The van der Waals surface area contributed by atoms with E-state index in [2.05, 4.69) is 5.32 Å². The minimum absolute atomic E-state index is 0.0257. The molecule has 1 saturated carbocycles. The molecule has 1 aromatic rings. The lowest BCUT2D eigenvalue weighted by molar-refractivity contribution is -0.125. The van der Waals surface area contributed by atoms with Crippen molar-refractivity contribution >= 4 is 17.6 Å². The fourth-order valence-electron chi connectivity index (χ4n) is 5.14. The molecule has 0 bridgehead atoms. The van der Waals surface area contributed by atoms with Crippen LogP contribution in [-0.2, 0) is 4.79 Å². The lowest BCUT2D eigenvalue weighted by Crippen LogP contribution is -2.51. The third-order valence-corrected chi connectivity index (χ3v) is 6.17. The highest BCUT2D eigenvalue weighted by Crippen LogP contribution is 2.49. The van der Waals surface area contributed by atoms with Gasteiger partial charge in [-0.2, -0.15) is 0 Å². The van der Waals surface area contributed by atoms with Crippen molar-refractivity contribution in [1.82, 2.24) is 10.2 Å². The highest BCUT2D eigenvalue weighted by Gasteiger charge is 2.63. The molecule has 0 radical (unpaired) electrons. The van der Waals surface area contributed by atoms with E-state index in [1.165, 1.54) is 4.90 Å². The first-order chi connectivity index (χ1) is 12.5. The predicted molar refractivity (Wildman–Crippen MR) is 99.3 cm³/mol. The van der Waals surface area contributed by atoms with Crippen LogP contribution in [0.1, 0.15) is 39.5 Å². The first-order valence-corrected chi connectivity index (χ1v) is 9.53. The van der Waals surface area contributed by atoms with Crippen LogP contribution in [0.4, 0.5) is 10.5 Å². The Morgan fingerprint density at radius 3 is 2.77 bits per heavy atom. The average molecular weight is 357 g/mol. The number of urea groups is 1. The highest BCUT2D eigenvalue weighted by molar-refractivity contribution is 6.23. The molecule has 6 nitrogen and oxygen atoms in total. The first kappa shape index (κ1) is 17.3. The molecular formula is C20H27N3O3. The molecule has 3 atom stereocenters. The highest BCUT2D eigenvalue weighted by atomic mass is 16.5. The maximum Gasteiger partial charge on any atom is 0.332 e. The molecule has 2 aliphatic heterocycles. The second kappa shape index (κ2) is 6.27. The molecule has 1 aromatic carbocycles. The number of amides is 3. The van der Waals surface area contributed by atoms with E-state index in [-0.39, 0.29) is 18.0 Å². The molecule has 2 heterocycles. The van der Waals surface area contributed by atoms with E-state index in [1.54, 1.807) is 19.2 Å². The fraction of sp³-hybridized carbons (Fsp3) is 0.600. The largest absolute Gasteiger partial charge is 0.497 e. The summed E-state index contributed by atoms with van der Waals surface area (Å²) in [6.45, 7) is 5.00. The number of methoxy groups -OCH3 is 1. The Kier molecular flexibility index (Phi) is 4.18. The molecule has 1 aliphatic carbocycles. The van der Waals surface area contributed by atoms with Crippen molar-refractivity contribution < 1.29 is 14.3 Å². The Balaban J connectivity index is 1.75. The predicted octanol–water partition coefficient (Wildman–Crippen LogP) is 2.77. The average Bonchev–Trinajstić information content (AvgIpc) is 3.10. The van der Waals surface area contributed by atoms with Crippen molar-refractivity contribution in [2.75, 3.05) is 18.6 Å². The van der Waals surface area contributed by atoms with E-state index in [0.717, 1.165) is 25.8 Å². The van der Waals surface area contributed by atoms with Crippen LogP contribution < -0.4 is 15.0 Å². The SMILES string of the molecule is COc1cccc(N2C(=O)N(C(C)C)C3(CC4CCCNC4C3)C2=O)c1. The molecule has 2 saturated heterocycles. The molecule has 4 rings (SSSR count). The van der Waals surface area contributed by atoms with Gasteiger partial charge in [0.2, 0.25) is 0 Å². The van der Waals surface area contributed by atoms with Crippen molar-refractivity contribution in [2.24, 2.45) is 5.92 Å². The fourth-order valence-corrected chi connectivity index (χ4v) is 5.14. The van der Waals surface area contributed by atoms with E-state index in [0.29, 0.717) is 29.8 Å². The van der Waals surface area contributed by atoms with Crippen molar-refractivity contribution in [3.05, 3.63) is 24.3 Å². The van der Waals surface area contributed by atoms with Crippen molar-refractivity contribution in [1.29, 1.82) is 0 Å². The number of ether oxygens (including phenoxy) is 1. The summed E-state index contributed by atoms with van der Waals surface area (Å²) in [5.41, 5.74) is -0.134. The Morgan fingerprint density at radius 2 is 2.08 bits per heavy atom. The number of hydrogen-bond acceptors (Lipinski definition) is 4. The number of nitrogens with zero attached hydrogens (tertiary/aromatic N) is 2. The van der Waals surface area contributed by atoms with Crippen LogP contribution in [0.5, 0.6) is 5.75 Å². The van der Waals surface area contributed by atoms with E-state index >= 15 is 0 Å². The summed E-state index contributed by atoms with van der Waals surface area (Å²) in [5.74, 6) is 1.02. The van der Waals surface area contributed by atoms with Gasteiger partial charge in [-0.15, -0.1) is 0 Å². The third-order valence-electron chi connectivity index (χ3n) is 6.17. The summed E-state index contributed by atoms with van der Waals surface area (Å²) < 4.78 is 5.28. The number of rotatable bonds is 3. The third kappa shape index (κ3) is 2.42. The number of fused-ring (bicyclic) bond motifs is 1. The van der Waals surface area contributed by atoms with Crippen LogP contribution in [0.25, 0.3) is 0 Å². The van der Waals surface area contributed by atoms with E-state index in [9.17, 15) is 9.59 Å². The van der Waals surface area contributed by atoms with Gasteiger partial charge < -0.3 is 15.0 Å². The van der Waals surface area contributed by atoms with Crippen LogP contribution in [-0.4, -0.2) is 48.1 Å². The zero-order valence-corrected chi connectivity index (χ0v) is 15.7. The molecule has 3 amide bonds. The molecule has 1 N–H and O–H groups in total. The summed E-state index contributed by atoms with van der Waals surface area (Å²) in [5, 5.41) is 3.57. The molecule has 26 heavy (non-hydrogen) atoms. The monoisotopic (exact) mass is 357 g/mol. The van der Waals surface area contributed by atoms with Gasteiger partial charge in [0.05, 0.1) is 12.8 Å². The molecule has 0 aromatic heterocycles. The van der Waals surface area contributed by atoms with Crippen molar-refractivity contribution in [2.45, 2.75) is 57.2 Å². The van der Waals surface area contributed by atoms with Gasteiger partial charge in [0.1, 0.15) is 11.3 Å². The zero-order valence-electron chi connectivity index (χ0n) is 15.7.